The van der Waals surface area contributed by atoms with E-state index < -0.39 is 27.1 Å². The van der Waals surface area contributed by atoms with Crippen LogP contribution < -0.4 is 4.90 Å². The summed E-state index contributed by atoms with van der Waals surface area (Å²) in [4.78, 5) is 35.0. The quantitative estimate of drug-likeness (QED) is 0.272. The van der Waals surface area contributed by atoms with Crippen molar-refractivity contribution in [3.63, 3.8) is 0 Å². The van der Waals surface area contributed by atoms with E-state index in [0.717, 1.165) is 11.1 Å². The fourth-order valence-corrected chi connectivity index (χ4v) is 8.65. The van der Waals surface area contributed by atoms with E-state index in [9.17, 15) is 18.0 Å². The summed E-state index contributed by atoms with van der Waals surface area (Å²) in [6.45, 7) is 6.11. The minimum Gasteiger partial charge on any atom is -0.444 e. The van der Waals surface area contributed by atoms with Gasteiger partial charge in [-0.2, -0.15) is 0 Å². The summed E-state index contributed by atoms with van der Waals surface area (Å²) >= 11 is 3.65. The summed E-state index contributed by atoms with van der Waals surface area (Å²) in [5.41, 5.74) is 1.45. The number of benzene rings is 2. The van der Waals surface area contributed by atoms with Crippen molar-refractivity contribution >= 4 is 54.7 Å². The van der Waals surface area contributed by atoms with Crippen molar-refractivity contribution in [1.29, 1.82) is 0 Å². The number of ether oxygens (including phenoxy) is 1. The predicted octanol–water partition coefficient (Wildman–Crippen LogP) is 5.95. The van der Waals surface area contributed by atoms with Crippen LogP contribution in [0.4, 0.5) is 10.5 Å². The van der Waals surface area contributed by atoms with Crippen LogP contribution >= 0.6 is 15.9 Å². The topological polar surface area (TPSA) is 102 Å². The Morgan fingerprint density at radius 2 is 1.60 bits per heavy atom. The van der Waals surface area contributed by atoms with Gasteiger partial charge in [0.25, 0.3) is 10.0 Å². The highest BCUT2D eigenvalue weighted by Crippen LogP contribution is 2.54. The number of hydrogen-bond donors (Lipinski definition) is 0. The van der Waals surface area contributed by atoms with Crippen LogP contribution in [0.1, 0.15) is 39.2 Å². The zero-order valence-corrected chi connectivity index (χ0v) is 26.2. The van der Waals surface area contributed by atoms with Gasteiger partial charge in [-0.05, 0) is 67.2 Å². The Morgan fingerprint density at radius 1 is 1.00 bits per heavy atom. The second-order valence-electron chi connectivity index (χ2n) is 11.7. The van der Waals surface area contributed by atoms with Crippen LogP contribution in [0.2, 0.25) is 0 Å². The summed E-state index contributed by atoms with van der Waals surface area (Å²) in [5.74, 6) is -0.0931. The maximum atomic E-state index is 14.1. The molecule has 11 heteroatoms. The van der Waals surface area contributed by atoms with E-state index in [0.29, 0.717) is 47.2 Å². The average molecular weight is 652 g/mol. The Labute approximate surface area is 253 Å². The minimum absolute atomic E-state index is 0.0931. The number of halogens is 1. The lowest BCUT2D eigenvalue weighted by Crippen LogP contribution is -2.50. The zero-order chi connectivity index (χ0) is 30.0. The monoisotopic (exact) mass is 650 g/mol. The van der Waals surface area contributed by atoms with Gasteiger partial charge in [-0.25, -0.2) is 22.2 Å². The molecule has 0 bridgehead atoms. The zero-order valence-electron chi connectivity index (χ0n) is 23.8. The number of pyridine rings is 1. The molecule has 0 N–H and O–H groups in total. The van der Waals surface area contributed by atoms with Crippen LogP contribution in [0, 0.1) is 0 Å². The molecule has 2 aromatic heterocycles. The average Bonchev–Trinajstić information content (AvgIpc) is 3.37. The van der Waals surface area contributed by atoms with Gasteiger partial charge in [-0.3, -0.25) is 4.79 Å². The molecule has 4 aromatic rings. The number of amides is 2. The van der Waals surface area contributed by atoms with Crippen LogP contribution in [-0.4, -0.2) is 60.0 Å². The van der Waals surface area contributed by atoms with Crippen molar-refractivity contribution in [1.82, 2.24) is 13.9 Å². The standard InChI is InChI=1S/C31H31BrN4O5S/c1-30(2,3)41-29(38)35-17-15-31(16-18-35)25-22(34(4)28(31)37)19-33-27-24(25)23(20-11-7-5-8-12-20)26(32)36(27)42(39,40)21-13-9-6-10-14-21/h5-14,19H,15-18H2,1-4H3. The highest BCUT2D eigenvalue weighted by molar-refractivity contribution is 9.10. The number of piperidine rings is 1. The van der Waals surface area contributed by atoms with Gasteiger partial charge in [0.2, 0.25) is 5.91 Å². The van der Waals surface area contributed by atoms with Gasteiger partial charge >= 0.3 is 6.09 Å². The third-order valence-electron chi connectivity index (χ3n) is 8.03. The van der Waals surface area contributed by atoms with E-state index in [1.54, 1.807) is 53.4 Å². The lowest BCUT2D eigenvalue weighted by Gasteiger charge is -2.39. The molecule has 6 rings (SSSR count). The molecule has 2 aromatic carbocycles. The molecule has 0 radical (unpaired) electrons. The summed E-state index contributed by atoms with van der Waals surface area (Å²) in [6.07, 6.45) is 1.90. The number of aromatic nitrogens is 2. The Morgan fingerprint density at radius 3 is 2.19 bits per heavy atom. The summed E-state index contributed by atoms with van der Waals surface area (Å²) in [5, 5.41) is 0.605. The SMILES string of the molecule is CN1C(=O)C2(CCN(C(=O)OC(C)(C)C)CC2)c2c1cnc1c2c(-c2ccccc2)c(Br)n1S(=O)(=O)c1ccccc1. The third-order valence-corrected chi connectivity index (χ3v) is 10.7. The van der Waals surface area contributed by atoms with Gasteiger partial charge < -0.3 is 14.5 Å². The van der Waals surface area contributed by atoms with Crippen molar-refractivity contribution in [3.8, 4) is 11.1 Å². The lowest BCUT2D eigenvalue weighted by atomic mass is 9.72. The normalized spacial score (nSPS) is 16.7. The second kappa shape index (κ2) is 9.95. The van der Waals surface area contributed by atoms with Crippen LogP contribution in [0.3, 0.4) is 0 Å². The number of carbonyl (C=O) groups is 2. The van der Waals surface area contributed by atoms with Crippen LogP contribution in [0.25, 0.3) is 22.2 Å². The number of anilines is 1. The first-order valence-electron chi connectivity index (χ1n) is 13.7. The molecule has 1 fully saturated rings. The van der Waals surface area contributed by atoms with Gasteiger partial charge in [0, 0.05) is 36.7 Å². The van der Waals surface area contributed by atoms with Gasteiger partial charge in [-0.15, -0.1) is 0 Å². The largest absolute Gasteiger partial charge is 0.444 e. The molecule has 0 atom stereocenters. The Kier molecular flexibility index (Phi) is 6.73. The predicted molar refractivity (Wildman–Crippen MR) is 164 cm³/mol. The van der Waals surface area contributed by atoms with Gasteiger partial charge in [-0.1, -0.05) is 48.5 Å². The van der Waals surface area contributed by atoms with E-state index in [4.69, 9.17) is 4.74 Å². The fourth-order valence-electron chi connectivity index (χ4n) is 6.10. The Balaban J connectivity index is 1.59. The van der Waals surface area contributed by atoms with Crippen molar-refractivity contribution in [3.05, 3.63) is 77.0 Å². The van der Waals surface area contributed by atoms with Gasteiger partial charge in [0.05, 0.1) is 22.2 Å². The van der Waals surface area contributed by atoms with Crippen LogP contribution in [0.15, 0.2) is 76.4 Å². The first kappa shape index (κ1) is 28.4. The molecular formula is C31H31BrN4O5S. The van der Waals surface area contributed by atoms with E-state index in [-0.39, 0.29) is 16.4 Å². The molecule has 2 aliphatic heterocycles. The van der Waals surface area contributed by atoms with E-state index in [1.165, 1.54) is 3.97 Å². The maximum absolute atomic E-state index is 14.1. The molecule has 0 unspecified atom stereocenters. The minimum atomic E-state index is -4.07. The summed E-state index contributed by atoms with van der Waals surface area (Å²) in [7, 11) is -2.35. The summed E-state index contributed by atoms with van der Waals surface area (Å²) in [6, 6.07) is 17.7. The van der Waals surface area contributed by atoms with Crippen LogP contribution in [0.5, 0.6) is 0 Å². The van der Waals surface area contributed by atoms with E-state index in [1.807, 2.05) is 51.1 Å². The number of hydrogen-bond acceptors (Lipinski definition) is 6. The van der Waals surface area contributed by atoms with Gasteiger partial charge in [0.15, 0.2) is 5.65 Å². The van der Waals surface area contributed by atoms with E-state index in [2.05, 4.69) is 20.9 Å². The van der Waals surface area contributed by atoms with Crippen molar-refractivity contribution in [2.75, 3.05) is 25.0 Å². The first-order valence-corrected chi connectivity index (χ1v) is 16.0. The number of rotatable bonds is 3. The molecule has 1 saturated heterocycles. The summed E-state index contributed by atoms with van der Waals surface area (Å²) < 4.78 is 35.4. The van der Waals surface area contributed by atoms with Crippen molar-refractivity contribution < 1.29 is 22.7 Å². The molecule has 2 amide bonds. The molecule has 218 valence electrons. The lowest BCUT2D eigenvalue weighted by molar-refractivity contribution is -0.124. The molecule has 0 aliphatic carbocycles. The van der Waals surface area contributed by atoms with Gasteiger partial charge in [0.1, 0.15) is 10.2 Å². The highest BCUT2D eigenvalue weighted by atomic mass is 79.9. The molecule has 0 saturated carbocycles. The number of likely N-dealkylation sites (N-methyl/N-ethyl adjacent to an activating group) is 1. The number of likely N-dealkylation sites (tertiary alicyclic amines) is 1. The maximum Gasteiger partial charge on any atom is 0.410 e. The Bertz CT molecular complexity index is 1820. The molecular weight excluding hydrogens is 620 g/mol. The number of fused-ring (bicyclic) bond motifs is 4. The highest BCUT2D eigenvalue weighted by Gasteiger charge is 2.54. The van der Waals surface area contributed by atoms with E-state index >= 15 is 0 Å². The smallest absolute Gasteiger partial charge is 0.410 e. The molecule has 42 heavy (non-hydrogen) atoms. The van der Waals surface area contributed by atoms with Crippen LogP contribution in [-0.2, 0) is 25.0 Å². The molecule has 2 aliphatic rings. The molecule has 9 nitrogen and oxygen atoms in total. The fraction of sp³-hybridized carbons (Fsp3) is 0.323. The van der Waals surface area contributed by atoms with Crippen molar-refractivity contribution in [2.24, 2.45) is 0 Å². The molecule has 4 heterocycles. The first-order chi connectivity index (χ1) is 19.9. The second-order valence-corrected chi connectivity index (χ2v) is 14.3. The molecule has 1 spiro atoms. The third kappa shape index (κ3) is 4.32. The Hall–Kier alpha value is -3.70. The number of carbonyl (C=O) groups excluding carboxylic acids is 2. The number of nitrogens with zero attached hydrogens (tertiary/aromatic N) is 4. The van der Waals surface area contributed by atoms with Crippen molar-refractivity contribution in [2.45, 2.75) is 49.5 Å².